The molecule has 0 unspecified atom stereocenters. The van der Waals surface area contributed by atoms with Crippen LogP contribution in [0.25, 0.3) is 11.0 Å². The van der Waals surface area contributed by atoms with Crippen molar-refractivity contribution in [2.24, 2.45) is 0 Å². The highest BCUT2D eigenvalue weighted by atomic mass is 19.4. The minimum absolute atomic E-state index is 0.0672. The summed E-state index contributed by atoms with van der Waals surface area (Å²) in [6, 6.07) is 2.79. The van der Waals surface area contributed by atoms with Gasteiger partial charge in [0, 0.05) is 24.2 Å². The molecule has 0 aromatic carbocycles. The summed E-state index contributed by atoms with van der Waals surface area (Å²) in [7, 11) is 0. The van der Waals surface area contributed by atoms with E-state index in [1.54, 1.807) is 17.9 Å². The van der Waals surface area contributed by atoms with Crippen LogP contribution in [0.4, 0.5) is 13.2 Å². The first-order chi connectivity index (χ1) is 11.3. The van der Waals surface area contributed by atoms with E-state index in [0.29, 0.717) is 11.9 Å². The SMILES string of the molecule is Cc1cnc2c(c1)cc(C(F)(F)F)n2CC(=O)N1CCCC[C@@H]1C. The van der Waals surface area contributed by atoms with E-state index >= 15 is 0 Å². The number of carbonyl (C=O) groups is 1. The van der Waals surface area contributed by atoms with E-state index in [4.69, 9.17) is 0 Å². The lowest BCUT2D eigenvalue weighted by molar-refractivity contribution is -0.145. The Balaban J connectivity index is 1.99. The van der Waals surface area contributed by atoms with Crippen molar-refractivity contribution >= 4 is 16.9 Å². The average Bonchev–Trinajstić information content (AvgIpc) is 2.85. The molecular weight excluding hydrogens is 319 g/mol. The van der Waals surface area contributed by atoms with Crippen LogP contribution in [-0.4, -0.2) is 32.9 Å². The molecule has 0 radical (unpaired) electrons. The van der Waals surface area contributed by atoms with E-state index in [-0.39, 0.29) is 24.1 Å². The summed E-state index contributed by atoms with van der Waals surface area (Å²) in [6.45, 7) is 3.99. The molecule has 1 aliphatic heterocycles. The van der Waals surface area contributed by atoms with Gasteiger partial charge in [-0.1, -0.05) is 0 Å². The fourth-order valence-corrected chi connectivity index (χ4v) is 3.35. The summed E-state index contributed by atoms with van der Waals surface area (Å²) in [5, 5.41) is 0.404. The Bertz CT molecular complexity index is 766. The highest BCUT2D eigenvalue weighted by Gasteiger charge is 2.37. The molecule has 130 valence electrons. The maximum atomic E-state index is 13.4. The smallest absolute Gasteiger partial charge is 0.338 e. The van der Waals surface area contributed by atoms with Gasteiger partial charge in [-0.05, 0) is 50.8 Å². The quantitative estimate of drug-likeness (QED) is 0.835. The predicted molar refractivity (Wildman–Crippen MR) is 84.5 cm³/mol. The van der Waals surface area contributed by atoms with Crippen LogP contribution < -0.4 is 0 Å². The van der Waals surface area contributed by atoms with E-state index in [2.05, 4.69) is 4.98 Å². The number of rotatable bonds is 2. The van der Waals surface area contributed by atoms with Gasteiger partial charge in [0.25, 0.3) is 0 Å². The van der Waals surface area contributed by atoms with E-state index in [9.17, 15) is 18.0 Å². The number of likely N-dealkylation sites (tertiary alicyclic amines) is 1. The molecule has 24 heavy (non-hydrogen) atoms. The number of aromatic nitrogens is 2. The third kappa shape index (κ3) is 3.12. The third-order valence-corrected chi connectivity index (χ3v) is 4.58. The second kappa shape index (κ2) is 6.11. The second-order valence-corrected chi connectivity index (χ2v) is 6.47. The summed E-state index contributed by atoms with van der Waals surface area (Å²) in [5.41, 5.74) is 0.156. The normalized spacial score (nSPS) is 19.0. The molecule has 1 atom stereocenters. The maximum Gasteiger partial charge on any atom is 0.431 e. The van der Waals surface area contributed by atoms with Crippen molar-refractivity contribution in [3.63, 3.8) is 0 Å². The van der Waals surface area contributed by atoms with Gasteiger partial charge in [0.15, 0.2) is 0 Å². The average molecular weight is 339 g/mol. The molecule has 1 amide bonds. The molecule has 3 rings (SSSR count). The van der Waals surface area contributed by atoms with Crippen molar-refractivity contribution in [3.8, 4) is 0 Å². The monoisotopic (exact) mass is 339 g/mol. The second-order valence-electron chi connectivity index (χ2n) is 6.47. The molecule has 4 nitrogen and oxygen atoms in total. The largest absolute Gasteiger partial charge is 0.431 e. The minimum atomic E-state index is -4.53. The van der Waals surface area contributed by atoms with Crippen LogP contribution in [0.2, 0.25) is 0 Å². The van der Waals surface area contributed by atoms with Crippen molar-refractivity contribution in [2.75, 3.05) is 6.54 Å². The van der Waals surface area contributed by atoms with Gasteiger partial charge in [-0.3, -0.25) is 4.79 Å². The summed E-state index contributed by atoms with van der Waals surface area (Å²) >= 11 is 0. The minimum Gasteiger partial charge on any atom is -0.338 e. The molecule has 1 saturated heterocycles. The number of carbonyl (C=O) groups excluding carboxylic acids is 1. The molecule has 1 fully saturated rings. The third-order valence-electron chi connectivity index (χ3n) is 4.58. The van der Waals surface area contributed by atoms with E-state index in [0.717, 1.165) is 35.5 Å². The number of amides is 1. The highest BCUT2D eigenvalue weighted by Crippen LogP contribution is 2.34. The fourth-order valence-electron chi connectivity index (χ4n) is 3.35. The van der Waals surface area contributed by atoms with Crippen LogP contribution in [0.1, 0.15) is 37.4 Å². The van der Waals surface area contributed by atoms with Gasteiger partial charge >= 0.3 is 6.18 Å². The number of pyridine rings is 1. The molecule has 0 spiro atoms. The number of hydrogen-bond acceptors (Lipinski definition) is 2. The Morgan fingerprint density at radius 3 is 2.75 bits per heavy atom. The van der Waals surface area contributed by atoms with E-state index < -0.39 is 11.9 Å². The number of halogens is 3. The molecule has 2 aromatic rings. The van der Waals surface area contributed by atoms with Crippen molar-refractivity contribution < 1.29 is 18.0 Å². The summed E-state index contributed by atoms with van der Waals surface area (Å²) in [4.78, 5) is 18.4. The molecule has 0 saturated carbocycles. The molecule has 3 heterocycles. The first-order valence-corrected chi connectivity index (χ1v) is 8.10. The number of alkyl halides is 3. The maximum absolute atomic E-state index is 13.4. The predicted octanol–water partition coefficient (Wildman–Crippen LogP) is 3.76. The summed E-state index contributed by atoms with van der Waals surface area (Å²) < 4.78 is 41.1. The number of nitrogens with zero attached hydrogens (tertiary/aromatic N) is 3. The fraction of sp³-hybridized carbons (Fsp3) is 0.529. The highest BCUT2D eigenvalue weighted by molar-refractivity contribution is 5.82. The summed E-state index contributed by atoms with van der Waals surface area (Å²) in [6.07, 6.45) is -0.171. The first kappa shape index (κ1) is 16.8. The Kier molecular flexibility index (Phi) is 4.27. The lowest BCUT2D eigenvalue weighted by atomic mass is 10.0. The zero-order valence-electron chi connectivity index (χ0n) is 13.7. The molecule has 0 bridgehead atoms. The zero-order chi connectivity index (χ0) is 17.5. The Morgan fingerprint density at radius 1 is 1.33 bits per heavy atom. The van der Waals surface area contributed by atoms with Crippen LogP contribution in [0.15, 0.2) is 18.3 Å². The number of fused-ring (bicyclic) bond motifs is 1. The van der Waals surface area contributed by atoms with Crippen LogP contribution >= 0.6 is 0 Å². The van der Waals surface area contributed by atoms with Crippen molar-refractivity contribution in [1.82, 2.24) is 14.5 Å². The molecule has 0 aliphatic carbocycles. The first-order valence-electron chi connectivity index (χ1n) is 8.10. The van der Waals surface area contributed by atoms with Gasteiger partial charge in [-0.2, -0.15) is 13.2 Å². The standard InChI is InChI=1S/C17H20F3N3O/c1-11-7-13-8-14(17(18,19)20)23(16(13)21-9-11)10-15(24)22-6-4-3-5-12(22)2/h7-9,12H,3-6,10H2,1-2H3/t12-/m0/s1. The van der Waals surface area contributed by atoms with Gasteiger partial charge in [-0.25, -0.2) is 4.98 Å². The van der Waals surface area contributed by atoms with Gasteiger partial charge in [-0.15, -0.1) is 0 Å². The van der Waals surface area contributed by atoms with Crippen LogP contribution in [0.3, 0.4) is 0 Å². The molecule has 7 heteroatoms. The summed E-state index contributed by atoms with van der Waals surface area (Å²) in [5.74, 6) is -0.285. The lowest BCUT2D eigenvalue weighted by Crippen LogP contribution is -2.43. The van der Waals surface area contributed by atoms with E-state index in [1.807, 2.05) is 6.92 Å². The van der Waals surface area contributed by atoms with Crippen LogP contribution in [-0.2, 0) is 17.5 Å². The van der Waals surface area contributed by atoms with Crippen LogP contribution in [0.5, 0.6) is 0 Å². The van der Waals surface area contributed by atoms with Crippen molar-refractivity contribution in [2.45, 2.75) is 51.9 Å². The Labute approximate surface area is 138 Å². The molecule has 0 N–H and O–H groups in total. The van der Waals surface area contributed by atoms with Gasteiger partial charge in [0.05, 0.1) is 0 Å². The molecule has 2 aromatic heterocycles. The number of hydrogen-bond donors (Lipinski definition) is 0. The van der Waals surface area contributed by atoms with Crippen LogP contribution in [0, 0.1) is 6.92 Å². The van der Waals surface area contributed by atoms with Gasteiger partial charge in [0.2, 0.25) is 5.91 Å². The zero-order valence-corrected chi connectivity index (χ0v) is 13.7. The van der Waals surface area contributed by atoms with Gasteiger partial charge < -0.3 is 9.47 Å². The Hall–Kier alpha value is -2.05. The lowest BCUT2D eigenvalue weighted by Gasteiger charge is -2.33. The van der Waals surface area contributed by atoms with Crippen molar-refractivity contribution in [1.29, 1.82) is 0 Å². The van der Waals surface area contributed by atoms with Gasteiger partial charge in [0.1, 0.15) is 17.9 Å². The van der Waals surface area contributed by atoms with Crippen molar-refractivity contribution in [3.05, 3.63) is 29.6 Å². The molecular formula is C17H20F3N3O. The number of piperidine rings is 1. The molecule has 1 aliphatic rings. The van der Waals surface area contributed by atoms with E-state index in [1.165, 1.54) is 6.20 Å². The topological polar surface area (TPSA) is 38.1 Å². The Morgan fingerprint density at radius 2 is 2.08 bits per heavy atom. The number of aryl methyl sites for hydroxylation is 1.